The lowest BCUT2D eigenvalue weighted by atomic mass is 10.0. The van der Waals surface area contributed by atoms with E-state index in [-0.39, 0.29) is 12.8 Å². The van der Waals surface area contributed by atoms with Crippen molar-refractivity contribution in [2.45, 2.75) is 57.8 Å². The molecule has 4 unspecified atom stereocenters. The van der Waals surface area contributed by atoms with Crippen LogP contribution in [0, 0.1) is 5.92 Å². The van der Waals surface area contributed by atoms with Crippen LogP contribution in [0.4, 0.5) is 0 Å². The second-order valence-electron chi connectivity index (χ2n) is 6.62. The van der Waals surface area contributed by atoms with E-state index in [1.807, 2.05) is 0 Å². The first-order valence-corrected chi connectivity index (χ1v) is 8.70. The number of rotatable bonds is 12. The monoisotopic (exact) mass is 403 g/mol. The largest absolute Gasteiger partial charge is 0.480 e. The molecule has 0 fully saturated rings. The van der Waals surface area contributed by atoms with E-state index in [0.717, 1.165) is 0 Å². The Morgan fingerprint density at radius 1 is 0.929 bits per heavy atom. The van der Waals surface area contributed by atoms with Crippen LogP contribution in [0.5, 0.6) is 0 Å². The van der Waals surface area contributed by atoms with Crippen molar-refractivity contribution in [2.24, 2.45) is 17.4 Å². The molecule has 0 aromatic rings. The smallest absolute Gasteiger partial charge is 0.326 e. The fourth-order valence-corrected chi connectivity index (χ4v) is 2.22. The maximum absolute atomic E-state index is 12.5. The number of carbonyl (C=O) groups is 5. The maximum atomic E-state index is 12.5. The molecule has 0 aromatic heterocycles. The van der Waals surface area contributed by atoms with E-state index < -0.39 is 66.3 Å². The maximum Gasteiger partial charge on any atom is 0.326 e. The predicted molar refractivity (Wildman–Crippen MR) is 97.4 cm³/mol. The minimum Gasteiger partial charge on any atom is -0.480 e. The van der Waals surface area contributed by atoms with Crippen LogP contribution in [0.15, 0.2) is 0 Å². The van der Waals surface area contributed by atoms with Crippen molar-refractivity contribution in [3.63, 3.8) is 0 Å². The highest BCUT2D eigenvalue weighted by molar-refractivity contribution is 5.94. The van der Waals surface area contributed by atoms with Crippen molar-refractivity contribution < 1.29 is 34.2 Å². The second-order valence-corrected chi connectivity index (χ2v) is 6.62. The standard InChI is InChI=1S/C16H29N5O7/c1-7(2)12(16(27)28)20-15(26)13(8(3)22)21-14(25)9(4-5-10(18)23)19-11(24)6-17/h7-9,12-13,22H,4-6,17H2,1-3H3,(H2,18,23)(H,19,24)(H,20,26)(H,21,25)(H,27,28). The number of aliphatic hydroxyl groups is 1. The summed E-state index contributed by atoms with van der Waals surface area (Å²) in [5, 5.41) is 25.8. The molecule has 0 spiro atoms. The summed E-state index contributed by atoms with van der Waals surface area (Å²) in [5.74, 6) is -4.87. The van der Waals surface area contributed by atoms with Crippen LogP contribution in [-0.4, -0.2) is 70.6 Å². The summed E-state index contributed by atoms with van der Waals surface area (Å²) in [6.07, 6.45) is -1.74. The number of nitrogens with two attached hydrogens (primary N) is 2. The molecule has 0 saturated carbocycles. The zero-order valence-electron chi connectivity index (χ0n) is 16.1. The molecule has 4 atom stereocenters. The molecule has 0 rings (SSSR count). The van der Waals surface area contributed by atoms with E-state index in [0.29, 0.717) is 0 Å². The fourth-order valence-electron chi connectivity index (χ4n) is 2.22. The van der Waals surface area contributed by atoms with E-state index in [1.54, 1.807) is 13.8 Å². The molecule has 9 N–H and O–H groups in total. The molecule has 0 bridgehead atoms. The summed E-state index contributed by atoms with van der Waals surface area (Å²) in [7, 11) is 0. The lowest BCUT2D eigenvalue weighted by Crippen LogP contribution is -2.59. The van der Waals surface area contributed by atoms with Gasteiger partial charge in [-0.25, -0.2) is 4.79 Å². The van der Waals surface area contributed by atoms with Crippen LogP contribution in [0.2, 0.25) is 0 Å². The number of primary amides is 1. The van der Waals surface area contributed by atoms with Gasteiger partial charge in [-0.05, 0) is 19.3 Å². The quantitative estimate of drug-likeness (QED) is 0.175. The molecular weight excluding hydrogens is 374 g/mol. The van der Waals surface area contributed by atoms with Gasteiger partial charge in [-0.2, -0.15) is 0 Å². The lowest BCUT2D eigenvalue weighted by Gasteiger charge is -2.26. The van der Waals surface area contributed by atoms with Gasteiger partial charge >= 0.3 is 5.97 Å². The number of hydrogen-bond acceptors (Lipinski definition) is 7. The summed E-state index contributed by atoms with van der Waals surface area (Å²) in [6, 6.07) is -3.94. The molecule has 0 radical (unpaired) electrons. The average molecular weight is 403 g/mol. The van der Waals surface area contributed by atoms with Crippen molar-refractivity contribution in [3.05, 3.63) is 0 Å². The first-order chi connectivity index (χ1) is 12.9. The lowest BCUT2D eigenvalue weighted by molar-refractivity contribution is -0.144. The highest BCUT2D eigenvalue weighted by Crippen LogP contribution is 2.05. The molecule has 0 aromatic carbocycles. The van der Waals surface area contributed by atoms with Gasteiger partial charge in [-0.1, -0.05) is 13.8 Å². The number of aliphatic carboxylic acids is 1. The third-order valence-corrected chi connectivity index (χ3v) is 3.81. The van der Waals surface area contributed by atoms with Gasteiger partial charge in [-0.15, -0.1) is 0 Å². The van der Waals surface area contributed by atoms with Crippen molar-refractivity contribution in [2.75, 3.05) is 6.54 Å². The number of carboxylic acid groups (broad SMARTS) is 1. The van der Waals surface area contributed by atoms with Crippen molar-refractivity contribution in [1.29, 1.82) is 0 Å². The third kappa shape index (κ3) is 8.77. The van der Waals surface area contributed by atoms with Crippen LogP contribution in [0.1, 0.15) is 33.6 Å². The summed E-state index contributed by atoms with van der Waals surface area (Å²) in [5.41, 5.74) is 10.2. The Hall–Kier alpha value is -2.73. The Kier molecular flexibility index (Phi) is 10.7. The van der Waals surface area contributed by atoms with Crippen LogP contribution in [0.3, 0.4) is 0 Å². The average Bonchev–Trinajstić information content (AvgIpc) is 2.59. The SMILES string of the molecule is CC(C)C(NC(=O)C(NC(=O)C(CCC(N)=O)NC(=O)CN)C(C)O)C(=O)O. The first kappa shape index (κ1) is 25.3. The number of carbonyl (C=O) groups excluding carboxylic acids is 4. The summed E-state index contributed by atoms with van der Waals surface area (Å²) >= 11 is 0. The van der Waals surface area contributed by atoms with E-state index in [4.69, 9.17) is 16.6 Å². The van der Waals surface area contributed by atoms with Crippen LogP contribution < -0.4 is 27.4 Å². The van der Waals surface area contributed by atoms with Crippen molar-refractivity contribution in [3.8, 4) is 0 Å². The Balaban J connectivity index is 5.30. The molecule has 0 aliphatic carbocycles. The van der Waals surface area contributed by atoms with E-state index >= 15 is 0 Å². The second kappa shape index (κ2) is 11.9. The zero-order chi connectivity index (χ0) is 22.0. The first-order valence-electron chi connectivity index (χ1n) is 8.70. The molecule has 12 nitrogen and oxygen atoms in total. The van der Waals surface area contributed by atoms with Gasteiger partial charge in [0, 0.05) is 6.42 Å². The normalized spacial score (nSPS) is 15.1. The predicted octanol–water partition coefficient (Wildman–Crippen LogP) is -3.21. The Bertz CT molecular complexity index is 594. The van der Waals surface area contributed by atoms with Crippen LogP contribution in [0.25, 0.3) is 0 Å². The molecule has 160 valence electrons. The topological polar surface area (TPSA) is 214 Å². The summed E-state index contributed by atoms with van der Waals surface area (Å²) in [4.78, 5) is 58.5. The zero-order valence-corrected chi connectivity index (χ0v) is 16.1. The Morgan fingerprint density at radius 3 is 1.86 bits per heavy atom. The molecule has 0 saturated heterocycles. The number of hydrogen-bond donors (Lipinski definition) is 7. The molecular formula is C16H29N5O7. The number of carboxylic acids is 1. The van der Waals surface area contributed by atoms with E-state index in [1.165, 1.54) is 6.92 Å². The molecule has 0 heterocycles. The summed E-state index contributed by atoms with van der Waals surface area (Å²) in [6.45, 7) is 3.98. The number of amides is 4. The van der Waals surface area contributed by atoms with E-state index in [2.05, 4.69) is 16.0 Å². The summed E-state index contributed by atoms with van der Waals surface area (Å²) < 4.78 is 0. The molecule has 28 heavy (non-hydrogen) atoms. The fraction of sp³-hybridized carbons (Fsp3) is 0.688. The van der Waals surface area contributed by atoms with Crippen LogP contribution >= 0.6 is 0 Å². The van der Waals surface area contributed by atoms with Crippen molar-refractivity contribution >= 4 is 29.6 Å². The van der Waals surface area contributed by atoms with Gasteiger partial charge in [0.15, 0.2) is 0 Å². The van der Waals surface area contributed by atoms with Gasteiger partial charge < -0.3 is 37.6 Å². The Morgan fingerprint density at radius 2 is 1.46 bits per heavy atom. The van der Waals surface area contributed by atoms with Gasteiger partial charge in [0.05, 0.1) is 12.6 Å². The Labute approximate surface area is 162 Å². The highest BCUT2D eigenvalue weighted by Gasteiger charge is 2.33. The minimum absolute atomic E-state index is 0.148. The number of nitrogens with one attached hydrogen (secondary N) is 3. The molecule has 0 aliphatic heterocycles. The van der Waals surface area contributed by atoms with Gasteiger partial charge in [0.2, 0.25) is 23.6 Å². The minimum atomic E-state index is -1.49. The molecule has 0 aliphatic rings. The van der Waals surface area contributed by atoms with Gasteiger partial charge in [0.25, 0.3) is 0 Å². The van der Waals surface area contributed by atoms with Gasteiger partial charge in [-0.3, -0.25) is 19.2 Å². The van der Waals surface area contributed by atoms with Gasteiger partial charge in [0.1, 0.15) is 18.1 Å². The highest BCUT2D eigenvalue weighted by atomic mass is 16.4. The molecule has 4 amide bonds. The van der Waals surface area contributed by atoms with E-state index in [9.17, 15) is 29.1 Å². The molecule has 12 heteroatoms. The number of aliphatic hydroxyl groups excluding tert-OH is 1. The van der Waals surface area contributed by atoms with Crippen molar-refractivity contribution in [1.82, 2.24) is 16.0 Å². The van der Waals surface area contributed by atoms with Crippen LogP contribution in [-0.2, 0) is 24.0 Å². The third-order valence-electron chi connectivity index (χ3n) is 3.81.